The largest absolute Gasteiger partial charge is 0.460 e. The van der Waals surface area contributed by atoms with E-state index in [0.717, 1.165) is 19.3 Å². The Morgan fingerprint density at radius 2 is 1.86 bits per heavy atom. The van der Waals surface area contributed by atoms with Crippen molar-refractivity contribution in [3.8, 4) is 0 Å². The van der Waals surface area contributed by atoms with Crippen LogP contribution in [0, 0.1) is 17.8 Å². The van der Waals surface area contributed by atoms with Gasteiger partial charge in [-0.2, -0.15) is 0 Å². The minimum atomic E-state index is -1.32. The highest BCUT2D eigenvalue weighted by Gasteiger charge is 2.35. The highest BCUT2D eigenvalue weighted by atomic mass is 16.6. The lowest BCUT2D eigenvalue weighted by Crippen LogP contribution is -2.47. The van der Waals surface area contributed by atoms with E-state index in [9.17, 15) is 14.7 Å². The smallest absolute Gasteiger partial charge is 0.337 e. The molecule has 5 heteroatoms. The molecule has 0 aromatic heterocycles. The number of hydrogen-bond acceptors (Lipinski definition) is 4. The van der Waals surface area contributed by atoms with Crippen molar-refractivity contribution in [3.05, 3.63) is 0 Å². The molecule has 0 saturated heterocycles. The number of aliphatic hydroxyl groups excluding tert-OH is 1. The summed E-state index contributed by atoms with van der Waals surface area (Å²) in [6, 6.07) is -0.645. The molecule has 0 aliphatic heterocycles. The third-order valence-electron chi connectivity index (χ3n) is 4.37. The second kappa shape index (κ2) is 7.78. The van der Waals surface area contributed by atoms with Gasteiger partial charge in [0.2, 0.25) is 5.91 Å². The Hall–Kier alpha value is -1.10. The van der Waals surface area contributed by atoms with Gasteiger partial charge in [-0.25, -0.2) is 4.79 Å². The Bertz CT molecular complexity index is 369. The van der Waals surface area contributed by atoms with Gasteiger partial charge in [0.1, 0.15) is 6.10 Å². The van der Waals surface area contributed by atoms with Crippen LogP contribution in [0.1, 0.15) is 53.9 Å². The molecule has 1 aliphatic rings. The van der Waals surface area contributed by atoms with Crippen molar-refractivity contribution in [2.24, 2.45) is 17.8 Å². The van der Waals surface area contributed by atoms with Crippen molar-refractivity contribution < 1.29 is 19.4 Å². The average Bonchev–Trinajstić information content (AvgIpc) is 2.36. The molecule has 0 spiro atoms. The van der Waals surface area contributed by atoms with Gasteiger partial charge in [0.15, 0.2) is 6.10 Å². The molecule has 0 heterocycles. The molecule has 0 aromatic rings. The Labute approximate surface area is 127 Å². The maximum absolute atomic E-state index is 12.1. The Morgan fingerprint density at radius 1 is 1.24 bits per heavy atom. The predicted molar refractivity (Wildman–Crippen MR) is 80.5 cm³/mol. The lowest BCUT2D eigenvalue weighted by atomic mass is 9.75. The van der Waals surface area contributed by atoms with Crippen LogP contribution in [-0.4, -0.2) is 35.2 Å². The van der Waals surface area contributed by atoms with Crippen LogP contribution in [0.5, 0.6) is 0 Å². The lowest BCUT2D eigenvalue weighted by Gasteiger charge is -2.37. The van der Waals surface area contributed by atoms with Crippen molar-refractivity contribution in [2.45, 2.75) is 72.1 Å². The van der Waals surface area contributed by atoms with Gasteiger partial charge in [-0.3, -0.25) is 4.79 Å². The third-order valence-corrected chi connectivity index (χ3v) is 4.37. The highest BCUT2D eigenvalue weighted by Crippen LogP contribution is 2.35. The summed E-state index contributed by atoms with van der Waals surface area (Å²) >= 11 is 0. The molecular formula is C16H29NO4. The summed E-state index contributed by atoms with van der Waals surface area (Å²) in [5.74, 6) is 0.401. The second-order valence-electron chi connectivity index (χ2n) is 6.74. The predicted octanol–water partition coefficient (Wildman–Crippen LogP) is 1.88. The SMILES string of the molecule is CC(=O)NC(C)C(O)C(=O)OC1CC(C)CCC1C(C)C. The topological polar surface area (TPSA) is 75.6 Å². The molecule has 21 heavy (non-hydrogen) atoms. The fourth-order valence-electron chi connectivity index (χ4n) is 3.07. The molecule has 1 fully saturated rings. The monoisotopic (exact) mass is 299 g/mol. The van der Waals surface area contributed by atoms with E-state index in [-0.39, 0.29) is 12.0 Å². The molecule has 0 radical (unpaired) electrons. The summed E-state index contributed by atoms with van der Waals surface area (Å²) in [6.07, 6.45) is 1.59. The minimum Gasteiger partial charge on any atom is -0.460 e. The van der Waals surface area contributed by atoms with Gasteiger partial charge in [-0.1, -0.05) is 27.2 Å². The summed E-state index contributed by atoms with van der Waals surface area (Å²) in [5.41, 5.74) is 0. The van der Waals surface area contributed by atoms with Gasteiger partial charge < -0.3 is 15.2 Å². The zero-order valence-corrected chi connectivity index (χ0v) is 13.8. The molecule has 2 N–H and O–H groups in total. The Morgan fingerprint density at radius 3 is 2.38 bits per heavy atom. The van der Waals surface area contributed by atoms with Crippen LogP contribution in [0.15, 0.2) is 0 Å². The molecule has 0 aromatic carbocycles. The van der Waals surface area contributed by atoms with Crippen molar-refractivity contribution in [2.75, 3.05) is 0 Å². The average molecular weight is 299 g/mol. The van der Waals surface area contributed by atoms with E-state index in [4.69, 9.17) is 4.74 Å². The van der Waals surface area contributed by atoms with Gasteiger partial charge in [0, 0.05) is 6.92 Å². The Balaban J connectivity index is 2.63. The standard InChI is InChI=1S/C16H29NO4/c1-9(2)13-7-6-10(3)8-14(13)21-16(20)15(19)11(4)17-12(5)18/h9-11,13-15,19H,6-8H2,1-5H3,(H,17,18). The number of aliphatic hydroxyl groups is 1. The van der Waals surface area contributed by atoms with E-state index < -0.39 is 18.1 Å². The van der Waals surface area contributed by atoms with E-state index in [1.54, 1.807) is 6.92 Å². The Kier molecular flexibility index (Phi) is 6.65. The van der Waals surface area contributed by atoms with Crippen molar-refractivity contribution in [1.29, 1.82) is 0 Å². The second-order valence-corrected chi connectivity index (χ2v) is 6.74. The molecule has 1 saturated carbocycles. The normalized spacial score (nSPS) is 28.8. The van der Waals surface area contributed by atoms with Crippen LogP contribution in [0.2, 0.25) is 0 Å². The fraction of sp³-hybridized carbons (Fsp3) is 0.875. The van der Waals surface area contributed by atoms with E-state index >= 15 is 0 Å². The third kappa shape index (κ3) is 5.30. The molecule has 1 rings (SSSR count). The molecule has 5 atom stereocenters. The zero-order chi connectivity index (χ0) is 16.2. The highest BCUT2D eigenvalue weighted by molar-refractivity contribution is 5.78. The van der Waals surface area contributed by atoms with Gasteiger partial charge in [0.25, 0.3) is 0 Å². The summed E-state index contributed by atoms with van der Waals surface area (Å²) in [7, 11) is 0. The lowest BCUT2D eigenvalue weighted by molar-refractivity contribution is -0.167. The maximum atomic E-state index is 12.1. The zero-order valence-electron chi connectivity index (χ0n) is 13.8. The summed E-state index contributed by atoms with van der Waals surface area (Å²) in [4.78, 5) is 23.1. The minimum absolute atomic E-state index is 0.138. The van der Waals surface area contributed by atoms with E-state index in [1.807, 2.05) is 0 Å². The molecule has 5 nitrogen and oxygen atoms in total. The van der Waals surface area contributed by atoms with E-state index in [1.165, 1.54) is 6.92 Å². The molecule has 1 amide bonds. The van der Waals surface area contributed by atoms with E-state index in [2.05, 4.69) is 26.1 Å². The fourth-order valence-corrected chi connectivity index (χ4v) is 3.07. The first-order valence-electron chi connectivity index (χ1n) is 7.88. The van der Waals surface area contributed by atoms with Crippen LogP contribution in [0.25, 0.3) is 0 Å². The number of rotatable bonds is 5. The molecule has 0 bridgehead atoms. The molecular weight excluding hydrogens is 270 g/mol. The number of esters is 1. The van der Waals surface area contributed by atoms with Crippen LogP contribution < -0.4 is 5.32 Å². The van der Waals surface area contributed by atoms with Crippen LogP contribution in [0.4, 0.5) is 0 Å². The van der Waals surface area contributed by atoms with Crippen molar-refractivity contribution in [3.63, 3.8) is 0 Å². The first-order valence-corrected chi connectivity index (χ1v) is 7.88. The number of carbonyl (C=O) groups excluding carboxylic acids is 2. The quantitative estimate of drug-likeness (QED) is 0.760. The molecule has 122 valence electrons. The molecule has 5 unspecified atom stereocenters. The van der Waals surface area contributed by atoms with Gasteiger partial charge in [-0.15, -0.1) is 0 Å². The van der Waals surface area contributed by atoms with Crippen LogP contribution >= 0.6 is 0 Å². The number of hydrogen-bond donors (Lipinski definition) is 2. The first-order chi connectivity index (χ1) is 9.72. The van der Waals surface area contributed by atoms with Gasteiger partial charge in [-0.05, 0) is 37.5 Å². The van der Waals surface area contributed by atoms with Crippen molar-refractivity contribution >= 4 is 11.9 Å². The maximum Gasteiger partial charge on any atom is 0.337 e. The summed E-state index contributed by atoms with van der Waals surface area (Å²) < 4.78 is 5.56. The summed E-state index contributed by atoms with van der Waals surface area (Å²) in [6.45, 7) is 9.38. The summed E-state index contributed by atoms with van der Waals surface area (Å²) in [5, 5.41) is 12.5. The number of nitrogens with one attached hydrogen (secondary N) is 1. The molecule has 1 aliphatic carbocycles. The number of carbonyl (C=O) groups is 2. The van der Waals surface area contributed by atoms with Gasteiger partial charge in [0.05, 0.1) is 6.04 Å². The number of ether oxygens (including phenoxy) is 1. The van der Waals surface area contributed by atoms with Crippen molar-refractivity contribution in [1.82, 2.24) is 5.32 Å². The van der Waals surface area contributed by atoms with Crippen LogP contribution in [0.3, 0.4) is 0 Å². The van der Waals surface area contributed by atoms with Crippen LogP contribution in [-0.2, 0) is 14.3 Å². The van der Waals surface area contributed by atoms with E-state index in [0.29, 0.717) is 17.8 Å². The first kappa shape index (κ1) is 18.0. The number of amides is 1. The van der Waals surface area contributed by atoms with Gasteiger partial charge >= 0.3 is 5.97 Å².